The summed E-state index contributed by atoms with van der Waals surface area (Å²) in [7, 11) is 0. The third kappa shape index (κ3) is 6.30. The number of pyridine rings is 1. The van der Waals surface area contributed by atoms with E-state index in [4.69, 9.17) is 4.74 Å². The summed E-state index contributed by atoms with van der Waals surface area (Å²) in [4.78, 5) is 60.1. The van der Waals surface area contributed by atoms with Crippen LogP contribution >= 0.6 is 0 Å². The molecular formula is C30H33FN8O5. The molecule has 14 heteroatoms. The zero-order valence-corrected chi connectivity index (χ0v) is 23.9. The maximum atomic E-state index is 13.7. The Kier molecular flexibility index (Phi) is 8.33. The number of rotatable bonds is 5. The van der Waals surface area contributed by atoms with Crippen LogP contribution < -0.4 is 16.0 Å². The molecule has 1 aromatic carbocycles. The van der Waals surface area contributed by atoms with Crippen LogP contribution in [0.2, 0.25) is 0 Å². The monoisotopic (exact) mass is 604 g/mol. The number of nitrogens with zero attached hydrogens (tertiary/aromatic N) is 5. The molecule has 1 spiro atoms. The smallest absolute Gasteiger partial charge is 0.254 e. The first-order valence-corrected chi connectivity index (χ1v) is 14.6. The average Bonchev–Trinajstić information content (AvgIpc) is 3.67. The zero-order valence-electron chi connectivity index (χ0n) is 23.9. The largest absolute Gasteiger partial charge is 0.381 e. The molecule has 2 bridgehead atoms. The van der Waals surface area contributed by atoms with E-state index in [0.717, 1.165) is 5.56 Å². The van der Waals surface area contributed by atoms with Crippen LogP contribution in [0.3, 0.4) is 0 Å². The van der Waals surface area contributed by atoms with E-state index in [0.29, 0.717) is 38.3 Å². The number of nitrogens with one attached hydrogen (secondary N) is 3. The summed E-state index contributed by atoms with van der Waals surface area (Å²) in [6.45, 7) is 1.31. The number of benzene rings is 1. The van der Waals surface area contributed by atoms with Gasteiger partial charge in [-0.3, -0.25) is 24.2 Å². The summed E-state index contributed by atoms with van der Waals surface area (Å²) < 4.78 is 20.7. The minimum absolute atomic E-state index is 0.0367. The van der Waals surface area contributed by atoms with E-state index in [-0.39, 0.29) is 37.4 Å². The van der Waals surface area contributed by atoms with Gasteiger partial charge in [0.1, 0.15) is 17.9 Å². The van der Waals surface area contributed by atoms with Crippen molar-refractivity contribution in [3.8, 4) is 0 Å². The molecule has 0 unspecified atom stereocenters. The van der Waals surface area contributed by atoms with Crippen molar-refractivity contribution < 1.29 is 28.3 Å². The van der Waals surface area contributed by atoms with Crippen molar-refractivity contribution >= 4 is 23.6 Å². The summed E-state index contributed by atoms with van der Waals surface area (Å²) in [5, 5.41) is 17.1. The van der Waals surface area contributed by atoms with E-state index in [1.54, 1.807) is 23.3 Å². The van der Waals surface area contributed by atoms with Crippen LogP contribution in [0.25, 0.3) is 0 Å². The Morgan fingerprint density at radius 2 is 1.86 bits per heavy atom. The molecule has 3 aliphatic heterocycles. The Morgan fingerprint density at radius 3 is 2.61 bits per heavy atom. The number of amides is 4. The van der Waals surface area contributed by atoms with Gasteiger partial charge in [0.2, 0.25) is 17.7 Å². The zero-order chi connectivity index (χ0) is 30.7. The van der Waals surface area contributed by atoms with Crippen LogP contribution in [0, 0.1) is 11.2 Å². The highest BCUT2D eigenvalue weighted by Crippen LogP contribution is 2.32. The van der Waals surface area contributed by atoms with E-state index in [2.05, 4.69) is 31.2 Å². The Morgan fingerprint density at radius 1 is 1.07 bits per heavy atom. The number of aromatic nitrogens is 4. The first-order valence-electron chi connectivity index (χ1n) is 14.6. The minimum atomic E-state index is -1.05. The number of likely N-dealkylation sites (tertiary alicyclic amines) is 1. The molecule has 3 aromatic rings. The van der Waals surface area contributed by atoms with Crippen molar-refractivity contribution in [2.45, 2.75) is 50.4 Å². The van der Waals surface area contributed by atoms with Crippen LogP contribution in [0.15, 0.2) is 55.0 Å². The SMILES string of the molecule is O=C1NCC2(CCOCC2)C(=O)N[C@@H]2C[C@@H](C(=O)N[C@@H]1Cc1cn(Cc3cccnc3)nn1)N(C(=O)c1ccc(F)cc1)C2. The second-order valence-electron chi connectivity index (χ2n) is 11.5. The van der Waals surface area contributed by atoms with Crippen LogP contribution in [0.5, 0.6) is 0 Å². The van der Waals surface area contributed by atoms with Crippen molar-refractivity contribution in [1.29, 1.82) is 0 Å². The summed E-state index contributed by atoms with van der Waals surface area (Å²) >= 11 is 0. The first kappa shape index (κ1) is 29.4. The first-order chi connectivity index (χ1) is 21.3. The molecule has 0 saturated carbocycles. The summed E-state index contributed by atoms with van der Waals surface area (Å²) in [5.74, 6) is -2.24. The molecule has 3 saturated heterocycles. The second-order valence-corrected chi connectivity index (χ2v) is 11.5. The molecule has 2 aromatic heterocycles. The molecule has 3 N–H and O–H groups in total. The van der Waals surface area contributed by atoms with Gasteiger partial charge in [-0.15, -0.1) is 5.10 Å². The minimum Gasteiger partial charge on any atom is -0.381 e. The predicted molar refractivity (Wildman–Crippen MR) is 152 cm³/mol. The molecular weight excluding hydrogens is 571 g/mol. The fourth-order valence-corrected chi connectivity index (χ4v) is 6.01. The Labute approximate surface area is 252 Å². The van der Waals surface area contributed by atoms with Crippen molar-refractivity contribution in [3.63, 3.8) is 0 Å². The highest BCUT2D eigenvalue weighted by molar-refractivity contribution is 5.99. The van der Waals surface area contributed by atoms with Crippen LogP contribution in [-0.2, 0) is 32.1 Å². The summed E-state index contributed by atoms with van der Waals surface area (Å²) in [6.07, 6.45) is 6.11. The van der Waals surface area contributed by atoms with Gasteiger partial charge in [-0.25, -0.2) is 9.07 Å². The van der Waals surface area contributed by atoms with Crippen molar-refractivity contribution in [2.75, 3.05) is 26.3 Å². The molecule has 0 aliphatic carbocycles. The number of halogens is 1. The normalized spacial score (nSPS) is 23.7. The molecule has 4 amide bonds. The molecule has 5 heterocycles. The number of carbonyl (C=O) groups excluding carboxylic acids is 4. The van der Waals surface area contributed by atoms with E-state index in [9.17, 15) is 23.6 Å². The molecule has 230 valence electrons. The quantitative estimate of drug-likeness (QED) is 0.373. The fourth-order valence-electron chi connectivity index (χ4n) is 6.01. The maximum Gasteiger partial charge on any atom is 0.254 e. The lowest BCUT2D eigenvalue weighted by Crippen LogP contribution is -2.57. The van der Waals surface area contributed by atoms with Crippen LogP contribution in [0.4, 0.5) is 4.39 Å². The molecule has 0 radical (unpaired) electrons. The van der Waals surface area contributed by atoms with E-state index < -0.39 is 47.1 Å². The van der Waals surface area contributed by atoms with Crippen molar-refractivity contribution in [1.82, 2.24) is 40.8 Å². The predicted octanol–water partition coefficient (Wildman–Crippen LogP) is 0.214. The highest BCUT2D eigenvalue weighted by Gasteiger charge is 2.46. The van der Waals surface area contributed by atoms with E-state index in [1.165, 1.54) is 29.2 Å². The Hall–Kier alpha value is -4.72. The lowest BCUT2D eigenvalue weighted by atomic mass is 9.78. The van der Waals surface area contributed by atoms with Crippen LogP contribution in [0.1, 0.15) is 40.9 Å². The molecule has 3 atom stereocenters. The lowest BCUT2D eigenvalue weighted by molar-refractivity contribution is -0.139. The van der Waals surface area contributed by atoms with E-state index in [1.807, 2.05) is 12.1 Å². The standard InChI is InChI=1S/C30H33FN8O5/c31-21-5-3-20(4-6-21)28(42)39-17-22-13-25(39)27(41)35-24(12-23-16-38(37-36-23)15-19-2-1-9-32-14-19)26(40)33-18-30(29(43)34-22)7-10-44-11-8-30/h1-6,9,14,16,22,24-25H,7-8,10-13,15,17-18H2,(H,33,40)(H,34,43)(H,35,41)/t22-,24-,25+/m1/s1. The van der Waals surface area contributed by atoms with Gasteiger partial charge in [-0.2, -0.15) is 0 Å². The van der Waals surface area contributed by atoms with Crippen LogP contribution in [-0.4, -0.2) is 92.9 Å². The lowest BCUT2D eigenvalue weighted by Gasteiger charge is -2.37. The molecule has 13 nitrogen and oxygen atoms in total. The topological polar surface area (TPSA) is 160 Å². The number of fused-ring (bicyclic) bond motifs is 2. The second kappa shape index (κ2) is 12.5. The average molecular weight is 605 g/mol. The van der Waals surface area contributed by atoms with Crippen molar-refractivity contribution in [2.24, 2.45) is 5.41 Å². The van der Waals surface area contributed by atoms with Gasteiger partial charge in [0, 0.05) is 62.9 Å². The molecule has 3 aliphatic rings. The third-order valence-electron chi connectivity index (χ3n) is 8.52. The van der Waals surface area contributed by atoms with Gasteiger partial charge < -0.3 is 25.6 Å². The fraction of sp³-hybridized carbons (Fsp3) is 0.433. The van der Waals surface area contributed by atoms with Gasteiger partial charge in [0.05, 0.1) is 17.7 Å². The van der Waals surface area contributed by atoms with Crippen molar-refractivity contribution in [3.05, 3.63) is 77.6 Å². The molecule has 3 fully saturated rings. The van der Waals surface area contributed by atoms with Gasteiger partial charge >= 0.3 is 0 Å². The summed E-state index contributed by atoms with van der Waals surface area (Å²) in [5.41, 5.74) is 0.699. The number of ether oxygens (including phenoxy) is 1. The van der Waals surface area contributed by atoms with Gasteiger partial charge in [0.25, 0.3) is 5.91 Å². The van der Waals surface area contributed by atoms with Gasteiger partial charge in [-0.1, -0.05) is 11.3 Å². The van der Waals surface area contributed by atoms with Gasteiger partial charge in [0.15, 0.2) is 0 Å². The molecule has 6 rings (SSSR count). The Balaban J connectivity index is 1.27. The van der Waals surface area contributed by atoms with E-state index >= 15 is 0 Å². The number of hydrogen-bond acceptors (Lipinski definition) is 8. The molecule has 44 heavy (non-hydrogen) atoms. The number of hydrogen-bond donors (Lipinski definition) is 3. The highest BCUT2D eigenvalue weighted by atomic mass is 19.1. The van der Waals surface area contributed by atoms with Gasteiger partial charge in [-0.05, 0) is 55.2 Å². The maximum absolute atomic E-state index is 13.7. The number of carbonyl (C=O) groups is 4. The third-order valence-corrected chi connectivity index (χ3v) is 8.52. The Bertz CT molecular complexity index is 1530. The summed E-state index contributed by atoms with van der Waals surface area (Å²) in [6, 6.07) is 6.28.